The fraction of sp³-hybridized carbons (Fsp3) is 0.471. The van der Waals surface area contributed by atoms with E-state index in [2.05, 4.69) is 11.1 Å². The molecule has 1 heterocycles. The van der Waals surface area contributed by atoms with E-state index in [0.717, 1.165) is 23.3 Å². The lowest BCUT2D eigenvalue weighted by molar-refractivity contribution is -0.132. The van der Waals surface area contributed by atoms with Gasteiger partial charge in [0, 0.05) is 19.5 Å². The molecule has 0 radical (unpaired) electrons. The molecule has 1 aromatic carbocycles. The zero-order valence-corrected chi connectivity index (χ0v) is 13.4. The molecule has 0 saturated heterocycles. The molecule has 5 nitrogen and oxygen atoms in total. The zero-order chi connectivity index (χ0) is 16.1. The minimum absolute atomic E-state index is 0.0300. The van der Waals surface area contributed by atoms with E-state index in [9.17, 15) is 4.79 Å². The number of nitriles is 1. The average Bonchev–Trinajstić information content (AvgIpc) is 2.90. The third-order valence-corrected chi connectivity index (χ3v) is 3.79. The van der Waals surface area contributed by atoms with Crippen LogP contribution in [0.1, 0.15) is 26.6 Å². The van der Waals surface area contributed by atoms with Gasteiger partial charge in [-0.1, -0.05) is 19.1 Å². The number of hydrogen-bond acceptors (Lipinski definition) is 3. The molecule has 1 unspecified atom stereocenters. The van der Waals surface area contributed by atoms with Crippen LogP contribution in [0.4, 0.5) is 0 Å². The summed E-state index contributed by atoms with van der Waals surface area (Å²) in [6.07, 6.45) is 0.780. The highest BCUT2D eigenvalue weighted by Gasteiger charge is 2.18. The van der Waals surface area contributed by atoms with Crippen molar-refractivity contribution in [3.05, 3.63) is 30.1 Å². The van der Waals surface area contributed by atoms with E-state index in [0.29, 0.717) is 13.1 Å². The molecule has 0 N–H and O–H groups in total. The molecule has 1 amide bonds. The van der Waals surface area contributed by atoms with Crippen LogP contribution in [-0.4, -0.2) is 33.4 Å². The van der Waals surface area contributed by atoms with Crippen LogP contribution in [0.25, 0.3) is 11.0 Å². The van der Waals surface area contributed by atoms with Crippen molar-refractivity contribution in [1.29, 1.82) is 5.26 Å². The molecule has 0 fully saturated rings. The van der Waals surface area contributed by atoms with Crippen LogP contribution >= 0.6 is 0 Å². The Labute approximate surface area is 131 Å². The van der Waals surface area contributed by atoms with E-state index in [-0.39, 0.29) is 18.4 Å². The summed E-state index contributed by atoms with van der Waals surface area (Å²) in [5.74, 6) is 0.787. The molecule has 22 heavy (non-hydrogen) atoms. The molecule has 1 aromatic heterocycles. The molecule has 0 aliphatic heterocycles. The van der Waals surface area contributed by atoms with Gasteiger partial charge >= 0.3 is 0 Å². The smallest absolute Gasteiger partial charge is 0.242 e. The molecule has 5 heteroatoms. The van der Waals surface area contributed by atoms with Crippen LogP contribution in [0.5, 0.6) is 0 Å². The van der Waals surface area contributed by atoms with Gasteiger partial charge in [-0.2, -0.15) is 5.26 Å². The maximum Gasteiger partial charge on any atom is 0.242 e. The van der Waals surface area contributed by atoms with Gasteiger partial charge in [-0.15, -0.1) is 0 Å². The van der Waals surface area contributed by atoms with Crippen molar-refractivity contribution in [3.8, 4) is 6.07 Å². The van der Waals surface area contributed by atoms with Crippen molar-refractivity contribution in [3.63, 3.8) is 0 Å². The van der Waals surface area contributed by atoms with Crippen LogP contribution in [-0.2, 0) is 17.8 Å². The molecule has 0 aliphatic rings. The van der Waals surface area contributed by atoms with Crippen molar-refractivity contribution >= 4 is 16.9 Å². The Balaban J connectivity index is 2.26. The topological polar surface area (TPSA) is 61.9 Å². The summed E-state index contributed by atoms with van der Waals surface area (Å²) in [7, 11) is 0. The first-order chi connectivity index (χ1) is 10.6. The van der Waals surface area contributed by atoms with E-state index in [1.165, 1.54) is 0 Å². The third-order valence-electron chi connectivity index (χ3n) is 3.79. The predicted molar refractivity (Wildman–Crippen MR) is 86.1 cm³/mol. The largest absolute Gasteiger partial charge is 0.340 e. The summed E-state index contributed by atoms with van der Waals surface area (Å²) in [6, 6.07) is 10.0. The molecule has 0 spiro atoms. The summed E-state index contributed by atoms with van der Waals surface area (Å²) in [4.78, 5) is 18.9. The molecule has 116 valence electrons. The quantitative estimate of drug-likeness (QED) is 0.823. The SMILES string of the molecule is CCc1nc2ccccc2n1CC(=O)N(CC)CC(C)C#N. The fourth-order valence-corrected chi connectivity index (χ4v) is 2.59. The monoisotopic (exact) mass is 298 g/mol. The van der Waals surface area contributed by atoms with Crippen molar-refractivity contribution < 1.29 is 4.79 Å². The Morgan fingerprint density at radius 3 is 2.77 bits per heavy atom. The molecule has 2 aromatic rings. The molecule has 1 atom stereocenters. The van der Waals surface area contributed by atoms with Gasteiger partial charge in [-0.25, -0.2) is 4.98 Å². The van der Waals surface area contributed by atoms with Crippen molar-refractivity contribution in [2.24, 2.45) is 5.92 Å². The highest BCUT2D eigenvalue weighted by Crippen LogP contribution is 2.17. The van der Waals surface area contributed by atoms with E-state index in [4.69, 9.17) is 5.26 Å². The first-order valence-corrected chi connectivity index (χ1v) is 7.72. The van der Waals surface area contributed by atoms with Crippen LogP contribution in [0, 0.1) is 17.2 Å². The second-order valence-electron chi connectivity index (χ2n) is 5.42. The number of fused-ring (bicyclic) bond motifs is 1. The summed E-state index contributed by atoms with van der Waals surface area (Å²) in [5.41, 5.74) is 1.90. The van der Waals surface area contributed by atoms with Gasteiger partial charge < -0.3 is 9.47 Å². The van der Waals surface area contributed by atoms with Crippen molar-refractivity contribution in [1.82, 2.24) is 14.5 Å². The number of rotatable bonds is 6. The number of benzene rings is 1. The molecule has 0 aliphatic carbocycles. The van der Waals surface area contributed by atoms with Gasteiger partial charge in [-0.05, 0) is 26.0 Å². The van der Waals surface area contributed by atoms with Crippen LogP contribution in [0.15, 0.2) is 24.3 Å². The minimum Gasteiger partial charge on any atom is -0.340 e. The van der Waals surface area contributed by atoms with Gasteiger partial charge in [-0.3, -0.25) is 4.79 Å². The van der Waals surface area contributed by atoms with Crippen molar-refractivity contribution in [2.45, 2.75) is 33.7 Å². The zero-order valence-electron chi connectivity index (χ0n) is 13.4. The summed E-state index contributed by atoms with van der Waals surface area (Å²) in [6.45, 7) is 7.17. The standard InChI is InChI=1S/C17H22N4O/c1-4-16-19-14-8-6-7-9-15(14)21(16)12-17(22)20(5-2)11-13(3)10-18/h6-9,13H,4-5,11-12H2,1-3H3. The molecular weight excluding hydrogens is 276 g/mol. The van der Waals surface area contributed by atoms with E-state index >= 15 is 0 Å². The minimum atomic E-state index is -0.158. The Hall–Kier alpha value is -2.35. The maximum absolute atomic E-state index is 12.6. The van der Waals surface area contributed by atoms with E-state index < -0.39 is 0 Å². The number of likely N-dealkylation sites (N-methyl/N-ethyl adjacent to an activating group) is 1. The Morgan fingerprint density at radius 1 is 1.41 bits per heavy atom. The number of imidazole rings is 1. The number of nitrogens with zero attached hydrogens (tertiary/aromatic N) is 4. The lowest BCUT2D eigenvalue weighted by Crippen LogP contribution is -2.36. The number of amides is 1. The third kappa shape index (κ3) is 3.28. The van der Waals surface area contributed by atoms with Gasteiger partial charge in [0.05, 0.1) is 23.0 Å². The summed E-state index contributed by atoms with van der Waals surface area (Å²) < 4.78 is 1.98. The van der Waals surface area contributed by atoms with Crippen LogP contribution < -0.4 is 0 Å². The summed E-state index contributed by atoms with van der Waals surface area (Å²) in [5, 5.41) is 8.94. The van der Waals surface area contributed by atoms with E-state index in [1.807, 2.05) is 49.6 Å². The lowest BCUT2D eigenvalue weighted by atomic mass is 10.2. The van der Waals surface area contributed by atoms with Gasteiger partial charge in [0.15, 0.2) is 0 Å². The molecule has 2 rings (SSSR count). The second kappa shape index (κ2) is 7.08. The predicted octanol–water partition coefficient (Wildman–Crippen LogP) is 2.61. The first-order valence-electron chi connectivity index (χ1n) is 7.72. The first kappa shape index (κ1) is 16.0. The average molecular weight is 298 g/mol. The van der Waals surface area contributed by atoms with E-state index in [1.54, 1.807) is 4.90 Å². The second-order valence-corrected chi connectivity index (χ2v) is 5.42. The lowest BCUT2D eigenvalue weighted by Gasteiger charge is -2.22. The van der Waals surface area contributed by atoms with Crippen LogP contribution in [0.3, 0.4) is 0 Å². The molecule has 0 saturated carbocycles. The highest BCUT2D eigenvalue weighted by molar-refractivity contribution is 5.81. The number of carbonyl (C=O) groups is 1. The normalized spacial score (nSPS) is 12.1. The fourth-order valence-electron chi connectivity index (χ4n) is 2.59. The number of hydrogen-bond donors (Lipinski definition) is 0. The van der Waals surface area contributed by atoms with Crippen LogP contribution in [0.2, 0.25) is 0 Å². The number of para-hydroxylation sites is 2. The number of aromatic nitrogens is 2. The Morgan fingerprint density at radius 2 is 2.14 bits per heavy atom. The highest BCUT2D eigenvalue weighted by atomic mass is 16.2. The molecule has 0 bridgehead atoms. The number of carbonyl (C=O) groups excluding carboxylic acids is 1. The Bertz CT molecular complexity index is 698. The van der Waals surface area contributed by atoms with Gasteiger partial charge in [0.25, 0.3) is 0 Å². The van der Waals surface area contributed by atoms with Gasteiger partial charge in [0.1, 0.15) is 12.4 Å². The summed E-state index contributed by atoms with van der Waals surface area (Å²) >= 11 is 0. The Kier molecular flexibility index (Phi) is 5.16. The molecular formula is C17H22N4O. The van der Waals surface area contributed by atoms with Gasteiger partial charge in [0.2, 0.25) is 5.91 Å². The number of aryl methyl sites for hydroxylation is 1. The van der Waals surface area contributed by atoms with Crippen molar-refractivity contribution in [2.75, 3.05) is 13.1 Å². The maximum atomic E-state index is 12.6.